The molecule has 2 atom stereocenters. The van der Waals surface area contributed by atoms with Crippen molar-refractivity contribution in [1.82, 2.24) is 29.7 Å². The minimum absolute atomic E-state index is 0.0984. The second kappa shape index (κ2) is 11.1. The second-order valence-corrected chi connectivity index (χ2v) is 10.8. The number of aryl methyl sites for hydroxylation is 1. The van der Waals surface area contributed by atoms with Gasteiger partial charge in [-0.3, -0.25) is 14.5 Å². The highest BCUT2D eigenvalue weighted by Crippen LogP contribution is 2.37. The van der Waals surface area contributed by atoms with Gasteiger partial charge in [0, 0.05) is 18.0 Å². The Morgan fingerprint density at radius 3 is 2.26 bits per heavy atom. The van der Waals surface area contributed by atoms with E-state index in [0.717, 1.165) is 5.56 Å². The van der Waals surface area contributed by atoms with Gasteiger partial charge in [0.05, 0.1) is 44.7 Å². The first kappa shape index (κ1) is 26.9. The average molecular weight is 541 g/mol. The van der Waals surface area contributed by atoms with E-state index < -0.39 is 26.9 Å². The Balaban J connectivity index is 1.81. The van der Waals surface area contributed by atoms with Crippen LogP contribution in [0.1, 0.15) is 30.1 Å². The van der Waals surface area contributed by atoms with Gasteiger partial charge in [-0.2, -0.15) is 0 Å². The Kier molecular flexibility index (Phi) is 7.88. The summed E-state index contributed by atoms with van der Waals surface area (Å²) in [6.45, 7) is 3.29. The molecule has 4 rings (SSSR count). The second-order valence-electron chi connectivity index (χ2n) is 8.48. The van der Waals surface area contributed by atoms with E-state index in [1.165, 1.54) is 40.6 Å². The third kappa shape index (κ3) is 5.29. The van der Waals surface area contributed by atoms with Crippen LogP contribution in [0.25, 0.3) is 17.1 Å². The first-order chi connectivity index (χ1) is 18.2. The third-order valence-corrected chi connectivity index (χ3v) is 8.04. The summed E-state index contributed by atoms with van der Waals surface area (Å²) in [4.78, 5) is 12.3. The molecule has 0 bridgehead atoms. The van der Waals surface area contributed by atoms with Gasteiger partial charge in [0.1, 0.15) is 29.0 Å². The van der Waals surface area contributed by atoms with Crippen molar-refractivity contribution in [2.45, 2.75) is 31.0 Å². The van der Waals surface area contributed by atoms with Gasteiger partial charge in [0.15, 0.2) is 21.5 Å². The fraction of sp³-hybridized carbons (Fsp3) is 0.320. The predicted octanol–water partition coefficient (Wildman–Crippen LogP) is 2.49. The molecule has 0 spiro atoms. The predicted molar refractivity (Wildman–Crippen MR) is 138 cm³/mol. The van der Waals surface area contributed by atoms with Gasteiger partial charge in [-0.25, -0.2) is 13.4 Å². The highest BCUT2D eigenvalue weighted by atomic mass is 32.2. The van der Waals surface area contributed by atoms with Crippen LogP contribution in [0.15, 0.2) is 49.1 Å². The van der Waals surface area contributed by atoms with Crippen LogP contribution < -0.4 is 14.2 Å². The number of benzene rings is 1. The molecular weight excluding hydrogens is 512 g/mol. The van der Waals surface area contributed by atoms with Crippen LogP contribution in [0.2, 0.25) is 0 Å². The highest BCUT2D eigenvalue weighted by Gasteiger charge is 2.33. The quantitative estimate of drug-likeness (QED) is 0.316. The van der Waals surface area contributed by atoms with E-state index in [2.05, 4.69) is 25.1 Å². The van der Waals surface area contributed by atoms with E-state index in [0.29, 0.717) is 28.6 Å². The van der Waals surface area contributed by atoms with Crippen molar-refractivity contribution in [3.8, 4) is 34.5 Å². The summed E-state index contributed by atoms with van der Waals surface area (Å²) in [5, 5.41) is 18.1. The van der Waals surface area contributed by atoms with Crippen LogP contribution >= 0.6 is 0 Å². The fourth-order valence-electron chi connectivity index (χ4n) is 3.89. The molecule has 0 amide bonds. The molecule has 0 unspecified atom stereocenters. The Labute approximate surface area is 220 Å². The zero-order valence-corrected chi connectivity index (χ0v) is 22.4. The molecule has 12 nitrogen and oxygen atoms in total. The van der Waals surface area contributed by atoms with E-state index in [1.54, 1.807) is 35.2 Å². The number of ether oxygens (including phenoxy) is 3. The Morgan fingerprint density at radius 2 is 1.68 bits per heavy atom. The maximum atomic E-state index is 13.5. The SMILES string of the molecule is COc1cnc([C@@H](O)[C@H](C)S(=O)(=O)Cc2nnc(-c3cncc(C)c3)n2-c2c(OC)cccc2OC)cn1. The van der Waals surface area contributed by atoms with Gasteiger partial charge in [-0.05, 0) is 37.6 Å². The van der Waals surface area contributed by atoms with Crippen molar-refractivity contribution in [2.75, 3.05) is 21.3 Å². The van der Waals surface area contributed by atoms with E-state index in [-0.39, 0.29) is 17.4 Å². The number of aromatic nitrogens is 6. The molecule has 0 saturated heterocycles. The van der Waals surface area contributed by atoms with Gasteiger partial charge in [0.25, 0.3) is 0 Å². The summed E-state index contributed by atoms with van der Waals surface area (Å²) in [5.74, 6) is 1.00. The normalized spacial score (nSPS) is 13.1. The molecule has 0 fully saturated rings. The maximum Gasteiger partial charge on any atom is 0.231 e. The zero-order chi connectivity index (χ0) is 27.4. The van der Waals surface area contributed by atoms with E-state index >= 15 is 0 Å². The van der Waals surface area contributed by atoms with Crippen LogP contribution in [-0.2, 0) is 15.6 Å². The number of hydrogen-bond donors (Lipinski definition) is 1. The van der Waals surface area contributed by atoms with Crippen LogP contribution in [0.3, 0.4) is 0 Å². The summed E-state index contributed by atoms with van der Waals surface area (Å²) >= 11 is 0. The van der Waals surface area contributed by atoms with E-state index in [1.807, 2.05) is 13.0 Å². The molecular formula is C25H28N6O6S. The standard InChI is InChI=1S/C25H28N6O6S/c1-15-9-17(11-26-10-15)25-30-29-21(31(25)23-19(35-3)7-6-8-20(23)36-4)14-38(33,34)16(2)24(32)18-12-28-22(37-5)13-27-18/h6-13,16,24,32H,14H2,1-5H3/t16-,24-/m0/s1. The number of methoxy groups -OCH3 is 3. The fourth-order valence-corrected chi connectivity index (χ4v) is 5.24. The molecule has 0 saturated carbocycles. The number of pyridine rings is 1. The van der Waals surface area contributed by atoms with Gasteiger partial charge in [0.2, 0.25) is 5.88 Å². The van der Waals surface area contributed by atoms with Gasteiger partial charge >= 0.3 is 0 Å². The van der Waals surface area contributed by atoms with Crippen LogP contribution in [0, 0.1) is 6.92 Å². The first-order valence-corrected chi connectivity index (χ1v) is 13.2. The van der Waals surface area contributed by atoms with E-state index in [9.17, 15) is 13.5 Å². The lowest BCUT2D eigenvalue weighted by Crippen LogP contribution is -2.28. The number of aliphatic hydroxyl groups is 1. The molecule has 200 valence electrons. The summed E-state index contributed by atoms with van der Waals surface area (Å²) in [6, 6.07) is 7.07. The van der Waals surface area contributed by atoms with Crippen molar-refractivity contribution >= 4 is 9.84 Å². The molecule has 3 heterocycles. The first-order valence-electron chi connectivity index (χ1n) is 11.5. The molecule has 1 aromatic carbocycles. The van der Waals surface area contributed by atoms with Crippen molar-refractivity contribution in [2.24, 2.45) is 0 Å². The molecule has 0 aliphatic heterocycles. The van der Waals surface area contributed by atoms with Crippen LogP contribution in [0.4, 0.5) is 0 Å². The minimum atomic E-state index is -3.99. The lowest BCUT2D eigenvalue weighted by molar-refractivity contribution is 0.170. The van der Waals surface area contributed by atoms with Crippen molar-refractivity contribution in [3.05, 3.63) is 66.1 Å². The lowest BCUT2D eigenvalue weighted by Gasteiger charge is -2.20. The summed E-state index contributed by atoms with van der Waals surface area (Å²) in [5.41, 5.74) is 2.03. The highest BCUT2D eigenvalue weighted by molar-refractivity contribution is 7.91. The molecule has 0 radical (unpaired) electrons. The third-order valence-electron chi connectivity index (χ3n) is 5.99. The van der Waals surface area contributed by atoms with Crippen molar-refractivity contribution < 1.29 is 27.7 Å². The summed E-state index contributed by atoms with van der Waals surface area (Å²) < 4.78 is 44.8. The maximum absolute atomic E-state index is 13.5. The van der Waals surface area contributed by atoms with Crippen molar-refractivity contribution in [3.63, 3.8) is 0 Å². The molecule has 38 heavy (non-hydrogen) atoms. The molecule has 13 heteroatoms. The van der Waals surface area contributed by atoms with Crippen LogP contribution in [-0.4, -0.2) is 69.8 Å². The number of sulfone groups is 1. The number of rotatable bonds is 10. The largest absolute Gasteiger partial charge is 0.494 e. The number of hydrogen-bond acceptors (Lipinski definition) is 11. The van der Waals surface area contributed by atoms with Crippen LogP contribution in [0.5, 0.6) is 17.4 Å². The number of aliphatic hydroxyl groups excluding tert-OH is 1. The van der Waals surface area contributed by atoms with Gasteiger partial charge in [-0.15, -0.1) is 10.2 Å². The molecule has 0 aliphatic rings. The smallest absolute Gasteiger partial charge is 0.231 e. The molecule has 3 aromatic heterocycles. The van der Waals surface area contributed by atoms with E-state index in [4.69, 9.17) is 14.2 Å². The molecule has 1 N–H and O–H groups in total. The number of para-hydroxylation sites is 1. The minimum Gasteiger partial charge on any atom is -0.494 e. The molecule has 0 aliphatic carbocycles. The summed E-state index contributed by atoms with van der Waals surface area (Å²) in [7, 11) is 0.442. The van der Waals surface area contributed by atoms with Crippen molar-refractivity contribution in [1.29, 1.82) is 0 Å². The summed E-state index contributed by atoms with van der Waals surface area (Å²) in [6.07, 6.45) is 4.47. The monoisotopic (exact) mass is 540 g/mol. The topological polar surface area (TPSA) is 151 Å². The van der Waals surface area contributed by atoms with Gasteiger partial charge in [-0.1, -0.05) is 6.07 Å². The number of nitrogens with zero attached hydrogens (tertiary/aromatic N) is 6. The Bertz CT molecular complexity index is 1500. The Hall–Kier alpha value is -4.10. The Morgan fingerprint density at radius 1 is 0.974 bits per heavy atom. The molecule has 4 aromatic rings. The van der Waals surface area contributed by atoms with Gasteiger partial charge < -0.3 is 19.3 Å². The zero-order valence-electron chi connectivity index (χ0n) is 21.6. The average Bonchev–Trinajstić information content (AvgIpc) is 3.33. The lowest BCUT2D eigenvalue weighted by atomic mass is 10.2.